The van der Waals surface area contributed by atoms with Gasteiger partial charge in [0.25, 0.3) is 11.5 Å². The van der Waals surface area contributed by atoms with Crippen LogP contribution in [0.4, 0.5) is 0 Å². The summed E-state index contributed by atoms with van der Waals surface area (Å²) in [6.45, 7) is 1.92. The minimum atomic E-state index is -3.79. The van der Waals surface area contributed by atoms with Crippen molar-refractivity contribution >= 4 is 33.3 Å². The molecule has 0 atom stereocenters. The number of ether oxygens (including phenoxy) is 1. The second-order valence-electron chi connectivity index (χ2n) is 5.08. The number of hydrogen-bond donors (Lipinski definition) is 0. The van der Waals surface area contributed by atoms with Gasteiger partial charge < -0.3 is 4.74 Å². The molecule has 0 fully saturated rings. The van der Waals surface area contributed by atoms with E-state index in [1.54, 1.807) is 6.92 Å². The van der Waals surface area contributed by atoms with Gasteiger partial charge in [-0.1, -0.05) is 11.6 Å². The fraction of sp³-hybridized carbons (Fsp3) is 0.267. The maximum absolute atomic E-state index is 12.7. The van der Waals surface area contributed by atoms with Crippen LogP contribution in [0.1, 0.15) is 27.6 Å². The Hall–Kier alpha value is -2.39. The molecule has 0 spiro atoms. The lowest BCUT2D eigenvalue weighted by Crippen LogP contribution is -2.27. The number of carbonyl (C=O) groups excluding carboxylic acids is 2. The van der Waals surface area contributed by atoms with Crippen molar-refractivity contribution in [3.63, 3.8) is 0 Å². The van der Waals surface area contributed by atoms with E-state index in [0.29, 0.717) is 0 Å². The molecule has 0 bridgehead atoms. The highest BCUT2D eigenvalue weighted by atomic mass is 35.5. The molecule has 1 heterocycles. The second kappa shape index (κ2) is 6.85. The van der Waals surface area contributed by atoms with E-state index >= 15 is 0 Å². The topological polar surface area (TPSA) is 104 Å². The summed E-state index contributed by atoms with van der Waals surface area (Å²) in [7, 11) is -2.72. The molecular weight excluding hydrogens is 372 g/mol. The Labute approximate surface area is 148 Å². The van der Waals surface area contributed by atoms with Crippen LogP contribution >= 0.6 is 11.6 Å². The average Bonchev–Trinajstić information content (AvgIpc) is 2.92. The zero-order valence-corrected chi connectivity index (χ0v) is 15.2. The SMILES string of the molecule is CCn1c(=O)ccn1C(=O)c1ccc(S(C)(=O)=O)c(C(=O)OC)c1Cl. The molecule has 25 heavy (non-hydrogen) atoms. The Bertz CT molecular complexity index is 1020. The lowest BCUT2D eigenvalue weighted by Gasteiger charge is -2.13. The van der Waals surface area contributed by atoms with E-state index in [9.17, 15) is 22.8 Å². The van der Waals surface area contributed by atoms with Crippen LogP contribution in [0.2, 0.25) is 5.02 Å². The molecule has 0 amide bonds. The van der Waals surface area contributed by atoms with Crippen LogP contribution in [0, 0.1) is 0 Å². The molecule has 1 aromatic carbocycles. The first kappa shape index (κ1) is 18.9. The smallest absolute Gasteiger partial charge is 0.340 e. The molecule has 134 valence electrons. The van der Waals surface area contributed by atoms with Gasteiger partial charge >= 0.3 is 5.97 Å². The van der Waals surface area contributed by atoms with Crippen molar-refractivity contribution in [1.29, 1.82) is 0 Å². The number of carbonyl (C=O) groups is 2. The molecule has 8 nitrogen and oxygen atoms in total. The highest BCUT2D eigenvalue weighted by Crippen LogP contribution is 2.29. The molecule has 0 aliphatic heterocycles. The number of aromatic nitrogens is 2. The predicted octanol–water partition coefficient (Wildman–Crippen LogP) is 1.20. The molecule has 2 aromatic rings. The third-order valence-electron chi connectivity index (χ3n) is 3.50. The molecule has 0 radical (unpaired) electrons. The number of halogens is 1. The van der Waals surface area contributed by atoms with Crippen molar-refractivity contribution < 1.29 is 22.7 Å². The number of sulfone groups is 1. The number of nitrogens with zero attached hydrogens (tertiary/aromatic N) is 2. The van der Waals surface area contributed by atoms with Gasteiger partial charge in [-0.2, -0.15) is 0 Å². The summed E-state index contributed by atoms with van der Waals surface area (Å²) in [4.78, 5) is 36.1. The van der Waals surface area contributed by atoms with Gasteiger partial charge in [-0.25, -0.2) is 22.6 Å². The molecular formula is C15H15ClN2O6S. The van der Waals surface area contributed by atoms with Crippen LogP contribution in [0.15, 0.2) is 34.1 Å². The lowest BCUT2D eigenvalue weighted by atomic mass is 10.1. The monoisotopic (exact) mass is 386 g/mol. The molecule has 0 saturated heterocycles. The van der Waals surface area contributed by atoms with E-state index in [-0.39, 0.29) is 27.6 Å². The van der Waals surface area contributed by atoms with Crippen LogP contribution < -0.4 is 5.56 Å². The summed E-state index contributed by atoms with van der Waals surface area (Å²) in [6, 6.07) is 3.51. The lowest BCUT2D eigenvalue weighted by molar-refractivity contribution is 0.0596. The first-order valence-corrected chi connectivity index (χ1v) is 9.34. The van der Waals surface area contributed by atoms with Crippen molar-refractivity contribution in [2.45, 2.75) is 18.4 Å². The maximum Gasteiger partial charge on any atom is 0.340 e. The maximum atomic E-state index is 12.7. The van der Waals surface area contributed by atoms with Gasteiger partial charge in [0.15, 0.2) is 9.84 Å². The van der Waals surface area contributed by atoms with Crippen LogP contribution in [-0.2, 0) is 21.1 Å². The quantitative estimate of drug-likeness (QED) is 0.731. The van der Waals surface area contributed by atoms with Gasteiger partial charge in [-0.05, 0) is 19.1 Å². The summed E-state index contributed by atoms with van der Waals surface area (Å²) in [6.07, 6.45) is 2.18. The van der Waals surface area contributed by atoms with Crippen LogP contribution in [0.5, 0.6) is 0 Å². The van der Waals surface area contributed by atoms with Crippen LogP contribution in [0.25, 0.3) is 0 Å². The van der Waals surface area contributed by atoms with E-state index in [1.165, 1.54) is 23.0 Å². The standard InChI is InChI=1S/C15H15ClN2O6S/c1-4-17-11(19)7-8-18(17)14(20)9-5-6-10(25(3,22)23)12(13(9)16)15(21)24-2/h5-8H,4H2,1-3H3. The molecule has 0 N–H and O–H groups in total. The molecule has 1 aromatic heterocycles. The fourth-order valence-electron chi connectivity index (χ4n) is 2.34. The van der Waals surface area contributed by atoms with Crippen molar-refractivity contribution in [3.05, 3.63) is 50.9 Å². The van der Waals surface area contributed by atoms with Gasteiger partial charge in [-0.3, -0.25) is 9.59 Å². The molecule has 0 aliphatic carbocycles. The van der Waals surface area contributed by atoms with Gasteiger partial charge in [0.2, 0.25) is 0 Å². The number of hydrogen-bond acceptors (Lipinski definition) is 6. The minimum absolute atomic E-state index is 0.132. The molecule has 10 heteroatoms. The van der Waals surface area contributed by atoms with Gasteiger partial charge in [0.05, 0.1) is 28.2 Å². The molecule has 0 aliphatic rings. The third-order valence-corrected chi connectivity index (χ3v) is 5.04. The molecule has 0 unspecified atom stereocenters. The predicted molar refractivity (Wildman–Crippen MR) is 90.0 cm³/mol. The normalized spacial score (nSPS) is 11.4. The Morgan fingerprint density at radius 3 is 2.40 bits per heavy atom. The van der Waals surface area contributed by atoms with Gasteiger partial charge in [0.1, 0.15) is 0 Å². The van der Waals surface area contributed by atoms with Crippen molar-refractivity contribution in [3.8, 4) is 0 Å². The molecule has 0 saturated carbocycles. The van der Waals surface area contributed by atoms with Crippen molar-refractivity contribution in [2.75, 3.05) is 13.4 Å². The van der Waals surface area contributed by atoms with Crippen molar-refractivity contribution in [2.24, 2.45) is 0 Å². The number of benzene rings is 1. The zero-order chi connectivity index (χ0) is 18.9. The highest BCUT2D eigenvalue weighted by molar-refractivity contribution is 7.90. The zero-order valence-electron chi connectivity index (χ0n) is 13.6. The summed E-state index contributed by atoms with van der Waals surface area (Å²) in [5.41, 5.74) is -0.935. The second-order valence-corrected chi connectivity index (χ2v) is 7.45. The summed E-state index contributed by atoms with van der Waals surface area (Å²) in [5, 5.41) is -0.358. The summed E-state index contributed by atoms with van der Waals surface area (Å²) >= 11 is 6.15. The Morgan fingerprint density at radius 2 is 1.88 bits per heavy atom. The van der Waals surface area contributed by atoms with E-state index in [4.69, 9.17) is 11.6 Å². The van der Waals surface area contributed by atoms with Crippen molar-refractivity contribution in [1.82, 2.24) is 9.36 Å². The highest BCUT2D eigenvalue weighted by Gasteiger charge is 2.27. The van der Waals surface area contributed by atoms with E-state index in [0.717, 1.165) is 24.1 Å². The Morgan fingerprint density at radius 1 is 1.24 bits per heavy atom. The van der Waals surface area contributed by atoms with Crippen LogP contribution in [-0.4, -0.2) is 43.0 Å². The van der Waals surface area contributed by atoms with E-state index in [2.05, 4.69) is 4.74 Å². The fourth-order valence-corrected chi connectivity index (χ4v) is 3.59. The van der Waals surface area contributed by atoms with Crippen LogP contribution in [0.3, 0.4) is 0 Å². The number of rotatable bonds is 4. The number of methoxy groups -OCH3 is 1. The van der Waals surface area contributed by atoms with Gasteiger partial charge in [0, 0.05) is 25.1 Å². The first-order chi connectivity index (χ1) is 11.6. The van der Waals surface area contributed by atoms with Gasteiger partial charge in [-0.15, -0.1) is 0 Å². The largest absolute Gasteiger partial charge is 0.465 e. The molecule has 2 rings (SSSR count). The number of esters is 1. The summed E-state index contributed by atoms with van der Waals surface area (Å²) in [5.74, 6) is -1.67. The Kier molecular flexibility index (Phi) is 5.19. The Balaban J connectivity index is 2.74. The summed E-state index contributed by atoms with van der Waals surface area (Å²) < 4.78 is 30.6. The third kappa shape index (κ3) is 3.38. The average molecular weight is 387 g/mol. The minimum Gasteiger partial charge on any atom is -0.465 e. The van der Waals surface area contributed by atoms with E-state index in [1.807, 2.05) is 0 Å². The first-order valence-electron chi connectivity index (χ1n) is 7.07. The van der Waals surface area contributed by atoms with E-state index < -0.39 is 27.3 Å².